The first-order valence-corrected chi connectivity index (χ1v) is 10.1. The zero-order valence-electron chi connectivity index (χ0n) is 13.6. The van der Waals surface area contributed by atoms with Crippen molar-refractivity contribution in [2.45, 2.75) is 23.3 Å². The summed E-state index contributed by atoms with van der Waals surface area (Å²) in [6.45, 7) is 2.23. The fraction of sp³-hybridized carbons (Fsp3) is 0.625. The quantitative estimate of drug-likeness (QED) is 0.722. The highest BCUT2D eigenvalue weighted by Gasteiger charge is 2.27. The van der Waals surface area contributed by atoms with E-state index < -0.39 is 0 Å². The van der Waals surface area contributed by atoms with Gasteiger partial charge in [-0.25, -0.2) is 0 Å². The largest absolute Gasteiger partial charge is 0.493 e. The summed E-state index contributed by atoms with van der Waals surface area (Å²) in [5, 5.41) is 11.1. The van der Waals surface area contributed by atoms with Crippen LogP contribution in [0.5, 0.6) is 11.5 Å². The third kappa shape index (κ3) is 4.48. The maximum Gasteiger partial charge on any atom is 0.161 e. The smallest absolute Gasteiger partial charge is 0.161 e. The van der Waals surface area contributed by atoms with Gasteiger partial charge >= 0.3 is 0 Å². The zero-order chi connectivity index (χ0) is 16.1. The second kappa shape index (κ2) is 8.48. The van der Waals surface area contributed by atoms with Crippen LogP contribution in [-0.2, 0) is 0 Å². The lowest BCUT2D eigenvalue weighted by atomic mass is 10.2. The number of hydrogen-bond acceptors (Lipinski definition) is 7. The van der Waals surface area contributed by atoms with Gasteiger partial charge in [0, 0.05) is 17.5 Å². The van der Waals surface area contributed by atoms with E-state index in [1.807, 2.05) is 29.6 Å². The molecule has 0 amide bonds. The first-order chi connectivity index (χ1) is 11.3. The number of methoxy groups -OCH3 is 2. The summed E-state index contributed by atoms with van der Waals surface area (Å²) < 4.78 is 10.7. The van der Waals surface area contributed by atoms with E-state index in [2.05, 4.69) is 28.1 Å². The van der Waals surface area contributed by atoms with Gasteiger partial charge in [0.1, 0.15) is 5.50 Å². The van der Waals surface area contributed by atoms with Crippen LogP contribution < -0.4 is 25.4 Å². The molecule has 2 saturated heterocycles. The Morgan fingerprint density at radius 1 is 1.17 bits per heavy atom. The van der Waals surface area contributed by atoms with Crippen LogP contribution in [0.1, 0.15) is 17.4 Å². The third-order valence-electron chi connectivity index (χ3n) is 4.04. The van der Waals surface area contributed by atoms with Gasteiger partial charge in [0.2, 0.25) is 0 Å². The molecule has 2 fully saturated rings. The molecule has 2 atom stereocenters. The molecule has 2 aliphatic rings. The molecule has 0 bridgehead atoms. The number of rotatable bonds is 6. The molecule has 0 saturated carbocycles. The molecule has 23 heavy (non-hydrogen) atoms. The molecule has 2 unspecified atom stereocenters. The second-order valence-corrected chi connectivity index (χ2v) is 7.94. The molecule has 1 aromatic carbocycles. The molecule has 7 heteroatoms. The van der Waals surface area contributed by atoms with Gasteiger partial charge in [0.05, 0.1) is 19.6 Å². The molecule has 3 N–H and O–H groups in total. The normalized spacial score (nSPS) is 25.5. The summed E-state index contributed by atoms with van der Waals surface area (Å²) in [7, 11) is 3.35. The van der Waals surface area contributed by atoms with Crippen LogP contribution in [0.4, 0.5) is 0 Å². The van der Waals surface area contributed by atoms with E-state index in [4.69, 9.17) is 9.47 Å². The summed E-state index contributed by atoms with van der Waals surface area (Å²) in [5.74, 6) is 3.82. The van der Waals surface area contributed by atoms with E-state index in [9.17, 15) is 0 Å². The molecule has 3 rings (SSSR count). The molecule has 0 aliphatic carbocycles. The van der Waals surface area contributed by atoms with Crippen molar-refractivity contribution in [2.24, 2.45) is 0 Å². The number of thioether (sulfide) groups is 2. The molecular weight excluding hydrogens is 330 g/mol. The van der Waals surface area contributed by atoms with Crippen molar-refractivity contribution in [2.75, 3.05) is 38.8 Å². The average molecular weight is 356 g/mol. The number of nitrogens with one attached hydrogen (secondary N) is 3. The molecule has 0 radical (unpaired) electrons. The average Bonchev–Trinajstić information content (AvgIpc) is 3.09. The van der Waals surface area contributed by atoms with Crippen LogP contribution in [0.15, 0.2) is 18.2 Å². The van der Waals surface area contributed by atoms with Crippen LogP contribution >= 0.6 is 23.5 Å². The van der Waals surface area contributed by atoms with Crippen LogP contribution in [0.3, 0.4) is 0 Å². The lowest BCUT2D eigenvalue weighted by Gasteiger charge is -2.25. The minimum absolute atomic E-state index is 0.327. The highest BCUT2D eigenvalue weighted by atomic mass is 32.2. The van der Waals surface area contributed by atoms with Crippen LogP contribution in [0.2, 0.25) is 0 Å². The van der Waals surface area contributed by atoms with Crippen molar-refractivity contribution >= 4 is 23.5 Å². The van der Waals surface area contributed by atoms with E-state index >= 15 is 0 Å². The van der Waals surface area contributed by atoms with Crippen LogP contribution in [0.25, 0.3) is 0 Å². The molecule has 5 nitrogen and oxygen atoms in total. The first kappa shape index (κ1) is 17.2. The predicted molar refractivity (Wildman–Crippen MR) is 98.5 cm³/mol. The van der Waals surface area contributed by atoms with Gasteiger partial charge in [0.15, 0.2) is 11.5 Å². The van der Waals surface area contributed by atoms with Crippen molar-refractivity contribution in [1.82, 2.24) is 16.0 Å². The van der Waals surface area contributed by atoms with Gasteiger partial charge in [-0.05, 0) is 37.2 Å². The minimum atomic E-state index is 0.327. The highest BCUT2D eigenvalue weighted by molar-refractivity contribution is 8.00. The van der Waals surface area contributed by atoms with Gasteiger partial charge in [0.25, 0.3) is 0 Å². The zero-order valence-corrected chi connectivity index (χ0v) is 15.3. The number of ether oxygens (including phenoxy) is 2. The maximum absolute atomic E-state index is 5.41. The molecular formula is C16H25N3O2S2. The Morgan fingerprint density at radius 2 is 1.96 bits per heavy atom. The number of hydrogen-bond donors (Lipinski definition) is 3. The Bertz CT molecular complexity index is 512. The van der Waals surface area contributed by atoms with Gasteiger partial charge < -0.3 is 9.47 Å². The SMILES string of the molecule is COc1ccc(C2NC(CSC3NCCCN3)CS2)cc1OC. The highest BCUT2D eigenvalue weighted by Crippen LogP contribution is 2.37. The van der Waals surface area contributed by atoms with E-state index in [1.54, 1.807) is 14.2 Å². The van der Waals surface area contributed by atoms with E-state index in [-0.39, 0.29) is 0 Å². The second-order valence-electron chi connectivity index (χ2n) is 5.67. The summed E-state index contributed by atoms with van der Waals surface area (Å²) in [6, 6.07) is 6.71. The van der Waals surface area contributed by atoms with Gasteiger partial charge in [-0.3, -0.25) is 16.0 Å². The van der Waals surface area contributed by atoms with E-state index in [0.29, 0.717) is 16.9 Å². The summed E-state index contributed by atoms with van der Waals surface area (Å²) in [6.07, 6.45) is 1.22. The summed E-state index contributed by atoms with van der Waals surface area (Å²) >= 11 is 3.92. The Hall–Kier alpha value is -0.600. The van der Waals surface area contributed by atoms with Crippen molar-refractivity contribution < 1.29 is 9.47 Å². The van der Waals surface area contributed by atoms with Gasteiger partial charge in [-0.15, -0.1) is 23.5 Å². The molecule has 128 valence electrons. The van der Waals surface area contributed by atoms with Crippen molar-refractivity contribution in [3.8, 4) is 11.5 Å². The Labute approximate surface area is 146 Å². The Kier molecular flexibility index (Phi) is 6.36. The number of benzene rings is 1. The standard InChI is InChI=1S/C16H25N3O2S2/c1-20-13-5-4-11(8-14(13)21-2)15-19-12(9-22-15)10-23-16-17-6-3-7-18-16/h4-5,8,12,15-19H,3,6-7,9-10H2,1-2H3. The fourth-order valence-electron chi connectivity index (χ4n) is 2.78. The lowest BCUT2D eigenvalue weighted by Crippen LogP contribution is -2.47. The Morgan fingerprint density at radius 3 is 2.70 bits per heavy atom. The Balaban J connectivity index is 1.52. The van der Waals surface area contributed by atoms with E-state index in [1.165, 1.54) is 12.0 Å². The molecule has 2 aliphatic heterocycles. The third-order valence-corrected chi connectivity index (χ3v) is 6.64. The predicted octanol–water partition coefficient (Wildman–Crippen LogP) is 2.01. The topological polar surface area (TPSA) is 54.5 Å². The lowest BCUT2D eigenvalue weighted by molar-refractivity contribution is 0.354. The minimum Gasteiger partial charge on any atom is -0.493 e. The fourth-order valence-corrected chi connectivity index (χ4v) is 5.31. The van der Waals surface area contributed by atoms with Crippen LogP contribution in [-0.4, -0.2) is 50.4 Å². The molecule has 1 aromatic rings. The van der Waals surface area contributed by atoms with E-state index in [0.717, 1.165) is 36.1 Å². The monoisotopic (exact) mass is 355 g/mol. The summed E-state index contributed by atoms with van der Waals surface area (Å²) in [5.41, 5.74) is 1.64. The summed E-state index contributed by atoms with van der Waals surface area (Å²) in [4.78, 5) is 0. The van der Waals surface area contributed by atoms with Gasteiger partial charge in [-0.1, -0.05) is 6.07 Å². The molecule has 0 aromatic heterocycles. The van der Waals surface area contributed by atoms with Crippen LogP contribution in [0, 0.1) is 0 Å². The van der Waals surface area contributed by atoms with Gasteiger partial charge in [-0.2, -0.15) is 0 Å². The maximum atomic E-state index is 5.41. The molecule has 0 spiro atoms. The van der Waals surface area contributed by atoms with Crippen molar-refractivity contribution in [3.63, 3.8) is 0 Å². The van der Waals surface area contributed by atoms with Crippen molar-refractivity contribution in [1.29, 1.82) is 0 Å². The molecule has 2 heterocycles. The first-order valence-electron chi connectivity index (χ1n) is 7.98. The van der Waals surface area contributed by atoms with Crippen molar-refractivity contribution in [3.05, 3.63) is 23.8 Å².